The van der Waals surface area contributed by atoms with Gasteiger partial charge in [0.15, 0.2) is 5.96 Å². The summed E-state index contributed by atoms with van der Waals surface area (Å²) in [5.41, 5.74) is 11.2. The molecule has 9 heteroatoms. The highest BCUT2D eigenvalue weighted by Crippen LogP contribution is 2.11. The molecule has 0 fully saturated rings. The van der Waals surface area contributed by atoms with Gasteiger partial charge in [-0.1, -0.05) is 40.5 Å². The molecule has 0 aliphatic rings. The lowest BCUT2D eigenvalue weighted by atomic mass is 9.95. The number of carbonyl (C=O) groups excluding carboxylic acids is 3. The lowest BCUT2D eigenvalue weighted by Crippen LogP contribution is -2.56. The Bertz CT molecular complexity index is 499. The van der Waals surface area contributed by atoms with Gasteiger partial charge in [0.25, 0.3) is 0 Å². The largest absolute Gasteiger partial charge is 0.370 e. The molecule has 27 heavy (non-hydrogen) atoms. The SMILES string of the molecule is CC[C@H](C)[C@H](N)C(=O)N[C@H](C(=O)N[C@H](C=O)CCCNC(=N)N)[C@@H](C)CC. The fraction of sp³-hybridized carbons (Fsp3) is 0.778. The van der Waals surface area contributed by atoms with Crippen LogP contribution < -0.4 is 27.4 Å². The van der Waals surface area contributed by atoms with Crippen molar-refractivity contribution < 1.29 is 14.4 Å². The summed E-state index contributed by atoms with van der Waals surface area (Å²) in [6.45, 7) is 8.07. The van der Waals surface area contributed by atoms with Crippen molar-refractivity contribution in [2.24, 2.45) is 23.3 Å². The Morgan fingerprint density at radius 1 is 1.07 bits per heavy atom. The second-order valence-electron chi connectivity index (χ2n) is 7.02. The van der Waals surface area contributed by atoms with Crippen molar-refractivity contribution in [3.8, 4) is 0 Å². The minimum Gasteiger partial charge on any atom is -0.370 e. The van der Waals surface area contributed by atoms with Gasteiger partial charge >= 0.3 is 0 Å². The summed E-state index contributed by atoms with van der Waals surface area (Å²) >= 11 is 0. The third-order valence-corrected chi connectivity index (χ3v) is 4.85. The maximum Gasteiger partial charge on any atom is 0.243 e. The molecule has 2 amide bonds. The minimum absolute atomic E-state index is 0.00198. The Kier molecular flexibility index (Phi) is 12.0. The third-order valence-electron chi connectivity index (χ3n) is 4.85. The van der Waals surface area contributed by atoms with E-state index in [2.05, 4.69) is 16.0 Å². The Labute approximate surface area is 161 Å². The molecule has 0 bridgehead atoms. The van der Waals surface area contributed by atoms with E-state index in [4.69, 9.17) is 16.9 Å². The van der Waals surface area contributed by atoms with Gasteiger partial charge < -0.3 is 32.2 Å². The maximum absolute atomic E-state index is 12.7. The zero-order valence-corrected chi connectivity index (χ0v) is 16.9. The summed E-state index contributed by atoms with van der Waals surface area (Å²) in [5, 5.41) is 15.2. The van der Waals surface area contributed by atoms with Gasteiger partial charge in [-0.3, -0.25) is 15.0 Å². The molecule has 0 saturated heterocycles. The third kappa shape index (κ3) is 9.37. The minimum atomic E-state index is -0.754. The Hall–Kier alpha value is -2.16. The number of carbonyl (C=O) groups is 3. The predicted molar refractivity (Wildman–Crippen MR) is 106 cm³/mol. The maximum atomic E-state index is 12.7. The summed E-state index contributed by atoms with van der Waals surface area (Å²) in [6.07, 6.45) is 3.08. The zero-order chi connectivity index (χ0) is 21.0. The van der Waals surface area contributed by atoms with E-state index in [0.29, 0.717) is 32.1 Å². The molecule has 0 aromatic carbocycles. The van der Waals surface area contributed by atoms with Gasteiger partial charge in [0, 0.05) is 6.54 Å². The molecule has 0 aromatic heterocycles. The number of guanidine groups is 1. The molecule has 0 aromatic rings. The van der Waals surface area contributed by atoms with Gasteiger partial charge in [0.1, 0.15) is 12.3 Å². The highest BCUT2D eigenvalue weighted by Gasteiger charge is 2.30. The number of nitrogens with one attached hydrogen (secondary N) is 4. The zero-order valence-electron chi connectivity index (χ0n) is 16.9. The highest BCUT2D eigenvalue weighted by molar-refractivity contribution is 5.91. The summed E-state index contributed by atoms with van der Waals surface area (Å²) in [5.74, 6) is -1.01. The van der Waals surface area contributed by atoms with Crippen LogP contribution in [0.1, 0.15) is 53.4 Å². The lowest BCUT2D eigenvalue weighted by Gasteiger charge is -2.27. The average Bonchev–Trinajstić information content (AvgIpc) is 2.65. The first-order chi connectivity index (χ1) is 12.7. The van der Waals surface area contributed by atoms with Crippen molar-refractivity contribution in [2.75, 3.05) is 6.54 Å². The molecular weight excluding hydrogens is 348 g/mol. The molecule has 8 N–H and O–H groups in total. The topological polar surface area (TPSA) is 163 Å². The van der Waals surface area contributed by atoms with E-state index < -0.39 is 24.0 Å². The molecule has 0 radical (unpaired) electrons. The van der Waals surface area contributed by atoms with Crippen LogP contribution >= 0.6 is 0 Å². The van der Waals surface area contributed by atoms with E-state index in [1.807, 2.05) is 27.7 Å². The molecule has 9 nitrogen and oxygen atoms in total. The van der Waals surface area contributed by atoms with Crippen molar-refractivity contribution in [2.45, 2.75) is 71.5 Å². The van der Waals surface area contributed by atoms with Gasteiger partial charge in [-0.15, -0.1) is 0 Å². The average molecular weight is 385 g/mol. The van der Waals surface area contributed by atoms with Crippen LogP contribution in [0.25, 0.3) is 0 Å². The number of hydrogen-bond acceptors (Lipinski definition) is 5. The standard InChI is InChI=1S/C18H36N6O3/c1-5-11(3)14(19)16(26)24-15(12(4)6-2)17(27)23-13(10-25)8-7-9-22-18(20)21/h10-15H,5-9,19H2,1-4H3,(H,23,27)(H,24,26)(H4,20,21,22)/t11-,12-,13-,14-,15-/m0/s1. The number of hydrogen-bond donors (Lipinski definition) is 6. The van der Waals surface area contributed by atoms with Crippen LogP contribution in [0.2, 0.25) is 0 Å². The normalized spacial score (nSPS) is 16.3. The molecule has 0 spiro atoms. The second kappa shape index (κ2) is 13.1. The fourth-order valence-corrected chi connectivity index (χ4v) is 2.46. The van der Waals surface area contributed by atoms with Gasteiger partial charge in [-0.05, 0) is 24.7 Å². The number of aldehydes is 1. The molecule has 0 unspecified atom stereocenters. The quantitative estimate of drug-likeness (QED) is 0.112. The van der Waals surface area contributed by atoms with E-state index in [-0.39, 0.29) is 23.7 Å². The molecule has 0 aliphatic heterocycles. The smallest absolute Gasteiger partial charge is 0.243 e. The molecule has 5 atom stereocenters. The lowest BCUT2D eigenvalue weighted by molar-refractivity contribution is -0.132. The van der Waals surface area contributed by atoms with Crippen LogP contribution in [-0.2, 0) is 14.4 Å². The van der Waals surface area contributed by atoms with E-state index in [0.717, 1.165) is 6.42 Å². The Balaban J connectivity index is 4.87. The summed E-state index contributed by atoms with van der Waals surface area (Å²) in [4.78, 5) is 36.3. The number of rotatable bonds is 13. The van der Waals surface area contributed by atoms with Crippen LogP contribution in [0.15, 0.2) is 0 Å². The summed E-state index contributed by atoms with van der Waals surface area (Å²) < 4.78 is 0. The molecule has 0 rings (SSSR count). The Morgan fingerprint density at radius 3 is 2.15 bits per heavy atom. The fourth-order valence-electron chi connectivity index (χ4n) is 2.46. The second-order valence-corrected chi connectivity index (χ2v) is 7.02. The summed E-state index contributed by atoms with van der Waals surface area (Å²) in [6, 6.07) is -2.11. The molecule has 0 aliphatic carbocycles. The predicted octanol–water partition coefficient (Wildman–Crippen LogP) is -0.162. The highest BCUT2D eigenvalue weighted by atomic mass is 16.2. The van der Waals surface area contributed by atoms with Gasteiger partial charge in [-0.25, -0.2) is 0 Å². The van der Waals surface area contributed by atoms with Crippen LogP contribution in [0.5, 0.6) is 0 Å². The van der Waals surface area contributed by atoms with Crippen molar-refractivity contribution in [3.63, 3.8) is 0 Å². The molecular formula is C18H36N6O3. The first-order valence-corrected chi connectivity index (χ1v) is 9.57. The van der Waals surface area contributed by atoms with E-state index in [1.165, 1.54) is 0 Å². The van der Waals surface area contributed by atoms with E-state index in [9.17, 15) is 14.4 Å². The van der Waals surface area contributed by atoms with Crippen molar-refractivity contribution in [1.29, 1.82) is 5.41 Å². The van der Waals surface area contributed by atoms with Crippen molar-refractivity contribution >= 4 is 24.1 Å². The van der Waals surface area contributed by atoms with E-state index >= 15 is 0 Å². The number of amides is 2. The molecule has 0 heterocycles. The van der Waals surface area contributed by atoms with Crippen molar-refractivity contribution in [3.05, 3.63) is 0 Å². The van der Waals surface area contributed by atoms with Crippen molar-refractivity contribution in [1.82, 2.24) is 16.0 Å². The summed E-state index contributed by atoms with van der Waals surface area (Å²) in [7, 11) is 0. The van der Waals surface area contributed by atoms with Gasteiger partial charge in [-0.2, -0.15) is 0 Å². The van der Waals surface area contributed by atoms with Gasteiger partial charge in [0.05, 0.1) is 12.1 Å². The Morgan fingerprint density at radius 2 is 1.67 bits per heavy atom. The first kappa shape index (κ1) is 24.8. The number of nitrogens with two attached hydrogens (primary N) is 2. The van der Waals surface area contributed by atoms with Crippen LogP contribution in [0, 0.1) is 17.2 Å². The van der Waals surface area contributed by atoms with E-state index in [1.54, 1.807) is 0 Å². The first-order valence-electron chi connectivity index (χ1n) is 9.57. The van der Waals surface area contributed by atoms with Crippen LogP contribution in [0.4, 0.5) is 0 Å². The monoisotopic (exact) mass is 384 g/mol. The van der Waals surface area contributed by atoms with Crippen LogP contribution in [-0.4, -0.2) is 48.7 Å². The van der Waals surface area contributed by atoms with Crippen LogP contribution in [0.3, 0.4) is 0 Å². The van der Waals surface area contributed by atoms with Gasteiger partial charge in [0.2, 0.25) is 11.8 Å². The molecule has 0 saturated carbocycles. The molecule has 156 valence electrons.